The molecule has 43 heavy (non-hydrogen) atoms. The molecule has 2 aliphatic carbocycles. The number of fused-ring (bicyclic) bond motifs is 1. The van der Waals surface area contributed by atoms with Gasteiger partial charge in [-0.2, -0.15) is 0 Å². The number of hydrogen-bond donors (Lipinski definition) is 1. The minimum absolute atomic E-state index is 0.00133. The molecule has 2 aliphatic heterocycles. The number of benzene rings is 1. The Morgan fingerprint density at radius 2 is 1.88 bits per heavy atom. The van der Waals surface area contributed by atoms with Crippen LogP contribution >= 0.6 is 0 Å². The zero-order chi connectivity index (χ0) is 30.5. The number of rotatable bonds is 12. The Bertz CT molecular complexity index is 1650. The van der Waals surface area contributed by atoms with Crippen LogP contribution in [0.15, 0.2) is 111 Å². The van der Waals surface area contributed by atoms with E-state index >= 15 is 0 Å². The van der Waals surface area contributed by atoms with Gasteiger partial charge < -0.3 is 0 Å². The van der Waals surface area contributed by atoms with Gasteiger partial charge in [0.1, 0.15) is 11.6 Å². The lowest BCUT2D eigenvalue weighted by atomic mass is 9.83. The molecule has 220 valence electrons. The summed E-state index contributed by atoms with van der Waals surface area (Å²) < 4.78 is 14.6. The van der Waals surface area contributed by atoms with Gasteiger partial charge in [-0.25, -0.2) is 24.8 Å². The maximum Gasteiger partial charge on any atom is 0.200 e. The molecule has 0 fully saturated rings. The van der Waals surface area contributed by atoms with Gasteiger partial charge >= 0.3 is 0 Å². The van der Waals surface area contributed by atoms with Crippen LogP contribution in [0.5, 0.6) is 0 Å². The van der Waals surface area contributed by atoms with Crippen LogP contribution in [0.3, 0.4) is 0 Å². The second-order valence-electron chi connectivity index (χ2n) is 10.9. The Balaban J connectivity index is 1.22. The number of carbonyl (C=O) groups is 3. The number of hydrazine groups is 1. The van der Waals surface area contributed by atoms with Gasteiger partial charge in [0.25, 0.3) is 0 Å². The van der Waals surface area contributed by atoms with Crippen molar-refractivity contribution in [3.63, 3.8) is 0 Å². The van der Waals surface area contributed by atoms with E-state index in [2.05, 4.69) is 22.0 Å². The average Bonchev–Trinajstić information content (AvgIpc) is 3.34. The molecule has 8 heteroatoms. The predicted molar refractivity (Wildman–Crippen MR) is 167 cm³/mol. The Kier molecular flexibility index (Phi) is 9.16. The molecule has 0 radical (unpaired) electrons. The van der Waals surface area contributed by atoms with Gasteiger partial charge in [-0.05, 0) is 85.9 Å². The molecule has 1 N–H and O–H groups in total. The number of aryl methyl sites for hydroxylation is 2. The molecule has 5 rings (SSSR count). The van der Waals surface area contributed by atoms with Crippen molar-refractivity contribution in [2.24, 2.45) is 9.98 Å². The first-order valence-electron chi connectivity index (χ1n) is 14.6. The fraction of sp³-hybridized carbons (Fsp3) is 0.286. The molecule has 4 aliphatic rings. The third-order valence-electron chi connectivity index (χ3n) is 7.91. The number of allylic oxidation sites excluding steroid dienone is 11. The highest BCUT2D eigenvalue weighted by Crippen LogP contribution is 2.34. The molecule has 1 aromatic rings. The monoisotopic (exact) mass is 578 g/mol. The van der Waals surface area contributed by atoms with Crippen LogP contribution in [0.1, 0.15) is 57.1 Å². The molecule has 0 saturated heterocycles. The quantitative estimate of drug-likeness (QED) is 0.332. The third-order valence-corrected chi connectivity index (χ3v) is 7.91. The molecule has 0 aromatic heterocycles. The van der Waals surface area contributed by atoms with Crippen molar-refractivity contribution in [3.05, 3.63) is 118 Å². The minimum atomic E-state index is -0.280. The van der Waals surface area contributed by atoms with Crippen molar-refractivity contribution >= 4 is 29.0 Å². The van der Waals surface area contributed by atoms with E-state index in [1.807, 2.05) is 37.3 Å². The highest BCUT2D eigenvalue weighted by molar-refractivity contribution is 6.48. The maximum absolute atomic E-state index is 14.6. The number of ketones is 3. The second-order valence-corrected chi connectivity index (χ2v) is 10.9. The Hall–Kier alpha value is -4.56. The van der Waals surface area contributed by atoms with Gasteiger partial charge in [0.05, 0.1) is 0 Å². The van der Waals surface area contributed by atoms with E-state index in [0.29, 0.717) is 49.2 Å². The Morgan fingerprint density at radius 1 is 1.07 bits per heavy atom. The highest BCUT2D eigenvalue weighted by Gasteiger charge is 2.31. The number of Topliss-reactive ketones (excluding diaryl/α,β-unsaturated/α-hetero) is 3. The molecule has 0 unspecified atom stereocenters. The van der Waals surface area contributed by atoms with Crippen LogP contribution in [-0.4, -0.2) is 40.6 Å². The fourth-order valence-electron chi connectivity index (χ4n) is 5.44. The molecule has 1 aromatic carbocycles. The minimum Gasteiger partial charge on any atom is -0.295 e. The Morgan fingerprint density at radius 3 is 2.65 bits per heavy atom. The highest BCUT2D eigenvalue weighted by atomic mass is 19.1. The number of halogens is 1. The number of hydrogen-bond acceptors (Lipinski definition) is 7. The number of amidine groups is 2. The summed E-state index contributed by atoms with van der Waals surface area (Å²) in [6.45, 7) is 7.96. The zero-order valence-electron chi connectivity index (χ0n) is 24.6. The molecular weight excluding hydrogens is 543 g/mol. The number of carbonyl (C=O) groups excluding carboxylic acids is 3. The van der Waals surface area contributed by atoms with E-state index in [1.165, 1.54) is 23.6 Å². The van der Waals surface area contributed by atoms with E-state index in [-0.39, 0.29) is 47.7 Å². The largest absolute Gasteiger partial charge is 0.295 e. The molecule has 7 nitrogen and oxygen atoms in total. The van der Waals surface area contributed by atoms with Crippen molar-refractivity contribution in [1.29, 1.82) is 0 Å². The summed E-state index contributed by atoms with van der Waals surface area (Å²) in [5.41, 5.74) is 9.53. The number of nitrogens with one attached hydrogen (secondary N) is 1. The smallest absolute Gasteiger partial charge is 0.200 e. The lowest BCUT2D eigenvalue weighted by Crippen LogP contribution is -2.44. The topological polar surface area (TPSA) is 91.2 Å². The molecule has 0 amide bonds. The summed E-state index contributed by atoms with van der Waals surface area (Å²) in [5.74, 6) is -0.133. The first-order valence-corrected chi connectivity index (χ1v) is 14.6. The van der Waals surface area contributed by atoms with Gasteiger partial charge in [-0.3, -0.25) is 14.4 Å². The van der Waals surface area contributed by atoms with Gasteiger partial charge in [0.2, 0.25) is 5.78 Å². The number of aliphatic imine (C=N–C) groups is 2. The summed E-state index contributed by atoms with van der Waals surface area (Å²) in [5, 5.41) is 1.53. The standard InChI is InChI=1S/C35H35FN4O3/c1-4-29-22(2)20-27(29)13-14-28-21-25(9-15-30(28)36)11-16-31(42)34-38-33-18-19-37-40(33)35(39-34)32(43)17-10-24-6-5-7-26(12-8-24)23(3)41/h4-5,7-9,12,15,18,20-21,37H,2,6,10-11,13-14,16-17,19H2,1,3H3/b29-4-. The maximum atomic E-state index is 14.6. The first kappa shape index (κ1) is 29.9. The van der Waals surface area contributed by atoms with Gasteiger partial charge in [-0.15, -0.1) is 0 Å². The van der Waals surface area contributed by atoms with E-state index < -0.39 is 0 Å². The first-order chi connectivity index (χ1) is 20.7. The Labute approximate surface area is 251 Å². The van der Waals surface area contributed by atoms with Gasteiger partial charge in [0, 0.05) is 25.0 Å². The normalized spacial score (nSPS) is 18.5. The van der Waals surface area contributed by atoms with Crippen LogP contribution in [0, 0.1) is 5.82 Å². The van der Waals surface area contributed by atoms with E-state index in [1.54, 1.807) is 24.3 Å². The molecule has 0 atom stereocenters. The zero-order valence-corrected chi connectivity index (χ0v) is 24.6. The molecule has 0 bridgehead atoms. The molecule has 2 heterocycles. The van der Waals surface area contributed by atoms with Crippen molar-refractivity contribution in [2.75, 3.05) is 6.54 Å². The third kappa shape index (κ3) is 6.92. The summed E-state index contributed by atoms with van der Waals surface area (Å²) in [4.78, 5) is 47.0. The van der Waals surface area contributed by atoms with Crippen molar-refractivity contribution in [1.82, 2.24) is 10.4 Å². The number of nitrogens with zero attached hydrogens (tertiary/aromatic N) is 3. The van der Waals surface area contributed by atoms with Gasteiger partial charge in [-0.1, -0.05) is 60.7 Å². The van der Waals surface area contributed by atoms with Crippen LogP contribution < -0.4 is 5.43 Å². The SMILES string of the molecule is C=C1C=C(CCc2cc(CCC(=O)C3=NC4=CCNN4C(C(=O)CCC4=CC=C(C(C)=O)C=CC4)=N3)ccc2F)/C1=C\C. The fourth-order valence-corrected chi connectivity index (χ4v) is 5.44. The lowest BCUT2D eigenvalue weighted by Gasteiger charge is -2.24. The second kappa shape index (κ2) is 13.2. The average molecular weight is 579 g/mol. The van der Waals surface area contributed by atoms with E-state index in [9.17, 15) is 18.8 Å². The predicted octanol–water partition coefficient (Wildman–Crippen LogP) is 5.93. The van der Waals surface area contributed by atoms with Crippen LogP contribution in [0.25, 0.3) is 0 Å². The summed E-state index contributed by atoms with van der Waals surface area (Å²) in [7, 11) is 0. The molecule has 0 saturated carbocycles. The molecular formula is C35H35FN4O3. The van der Waals surface area contributed by atoms with E-state index in [4.69, 9.17) is 0 Å². The molecule has 0 spiro atoms. The summed E-state index contributed by atoms with van der Waals surface area (Å²) in [6, 6.07) is 4.98. The van der Waals surface area contributed by atoms with Crippen LogP contribution in [0.2, 0.25) is 0 Å². The summed E-state index contributed by atoms with van der Waals surface area (Å²) >= 11 is 0. The van der Waals surface area contributed by atoms with Crippen LogP contribution in [0.4, 0.5) is 4.39 Å². The van der Waals surface area contributed by atoms with Crippen molar-refractivity contribution < 1.29 is 18.8 Å². The van der Waals surface area contributed by atoms with Crippen molar-refractivity contribution in [3.8, 4) is 0 Å². The van der Waals surface area contributed by atoms with Gasteiger partial charge in [0.15, 0.2) is 23.2 Å². The lowest BCUT2D eigenvalue weighted by molar-refractivity contribution is -0.114. The van der Waals surface area contributed by atoms with E-state index in [0.717, 1.165) is 28.7 Å². The van der Waals surface area contributed by atoms with Crippen molar-refractivity contribution in [2.45, 2.75) is 58.8 Å². The van der Waals surface area contributed by atoms with Crippen LogP contribution in [-0.2, 0) is 27.2 Å². The summed E-state index contributed by atoms with van der Waals surface area (Å²) in [6.07, 6.45) is 16.5.